The van der Waals surface area contributed by atoms with Gasteiger partial charge in [-0.15, -0.1) is 0 Å². The summed E-state index contributed by atoms with van der Waals surface area (Å²) in [5.41, 5.74) is 1.68. The average Bonchev–Trinajstić information content (AvgIpc) is 3.01. The summed E-state index contributed by atoms with van der Waals surface area (Å²) in [7, 11) is -4.55. The molecule has 51 heavy (non-hydrogen) atoms. The standard InChI is InChI=1S/C41H70NO6PSi2/c1-33(35-22-20-34(21-23-35)32-49(44,46-26-28-50(8,9)10)47-27-29-51(11,12)13)30-37(36-18-15-14-16-19-36)31-41(6,38(43)45-7)48-42-39(2,3)24-17-25-40(42,4)5/h14-16,18-23,33,37H,17,24-32H2,1-13H3. The lowest BCUT2D eigenvalue weighted by atomic mass is 9.79. The maximum absolute atomic E-state index is 14.0. The van der Waals surface area contributed by atoms with E-state index in [1.807, 2.05) is 13.0 Å². The quantitative estimate of drug-likeness (QED) is 0.0802. The van der Waals surface area contributed by atoms with E-state index in [2.05, 4.69) is 127 Å². The maximum Gasteiger partial charge on any atom is 0.340 e. The normalized spacial score (nSPS) is 19.2. The topological polar surface area (TPSA) is 74.3 Å². The lowest BCUT2D eigenvalue weighted by Crippen LogP contribution is -2.62. The molecule has 10 heteroatoms. The summed E-state index contributed by atoms with van der Waals surface area (Å²) in [4.78, 5) is 20.5. The van der Waals surface area contributed by atoms with E-state index in [9.17, 15) is 9.36 Å². The minimum atomic E-state index is -3.30. The highest BCUT2D eigenvalue weighted by Crippen LogP contribution is 2.52. The van der Waals surface area contributed by atoms with Gasteiger partial charge in [0.1, 0.15) is 0 Å². The first kappa shape index (κ1) is 43.8. The van der Waals surface area contributed by atoms with Gasteiger partial charge in [0.25, 0.3) is 0 Å². The fourth-order valence-corrected chi connectivity index (χ4v) is 10.6. The largest absolute Gasteiger partial charge is 0.467 e. The number of piperidine rings is 1. The van der Waals surface area contributed by atoms with E-state index in [4.69, 9.17) is 18.6 Å². The van der Waals surface area contributed by atoms with Gasteiger partial charge in [-0.05, 0) is 107 Å². The Morgan fingerprint density at radius 3 is 1.82 bits per heavy atom. The van der Waals surface area contributed by atoms with Crippen molar-refractivity contribution < 1.29 is 28.0 Å². The maximum atomic E-state index is 14.0. The third-order valence-electron chi connectivity index (χ3n) is 10.3. The van der Waals surface area contributed by atoms with Crippen molar-refractivity contribution in [1.29, 1.82) is 0 Å². The SMILES string of the molecule is COC(=O)C(C)(CC(CC(C)c1ccc(CP(=O)(OCC[Si](C)(C)C)OCC[Si](C)(C)C)cc1)c1ccccc1)ON1C(C)(C)CCCC1(C)C. The third-order valence-corrected chi connectivity index (χ3v) is 15.6. The Morgan fingerprint density at radius 1 is 0.843 bits per heavy atom. The Hall–Kier alpha value is -1.59. The Bertz CT molecular complexity index is 1400. The van der Waals surface area contributed by atoms with Crippen LogP contribution in [0.15, 0.2) is 54.6 Å². The second-order valence-corrected chi connectivity index (χ2v) is 32.1. The molecule has 0 saturated carbocycles. The first-order chi connectivity index (χ1) is 23.5. The van der Waals surface area contributed by atoms with Gasteiger partial charge in [-0.2, -0.15) is 5.06 Å². The highest BCUT2D eigenvalue weighted by Gasteiger charge is 2.49. The van der Waals surface area contributed by atoms with Crippen molar-refractivity contribution in [1.82, 2.24) is 5.06 Å². The number of carbonyl (C=O) groups excluding carboxylic acids is 1. The average molecular weight is 760 g/mol. The summed E-state index contributed by atoms with van der Waals surface area (Å²) in [5.74, 6) is -0.149. The van der Waals surface area contributed by atoms with Crippen molar-refractivity contribution in [3.8, 4) is 0 Å². The van der Waals surface area contributed by atoms with E-state index in [-0.39, 0.29) is 35.0 Å². The van der Waals surface area contributed by atoms with Crippen LogP contribution in [0.4, 0.5) is 0 Å². The van der Waals surface area contributed by atoms with Crippen molar-refractivity contribution in [2.75, 3.05) is 20.3 Å². The number of hydroxylamine groups is 2. The first-order valence-corrected chi connectivity index (χ1v) is 28.2. The van der Waals surface area contributed by atoms with Gasteiger partial charge in [0.15, 0.2) is 5.60 Å². The van der Waals surface area contributed by atoms with Gasteiger partial charge in [-0.1, -0.05) is 101 Å². The Labute approximate surface area is 313 Å². The number of ether oxygens (including phenoxy) is 1. The van der Waals surface area contributed by atoms with Crippen LogP contribution in [-0.2, 0) is 34.1 Å². The van der Waals surface area contributed by atoms with E-state index in [0.29, 0.717) is 19.6 Å². The molecule has 2 aromatic carbocycles. The van der Waals surface area contributed by atoms with Gasteiger partial charge in [-0.25, -0.2) is 4.79 Å². The van der Waals surface area contributed by atoms with Crippen molar-refractivity contribution >= 4 is 29.7 Å². The van der Waals surface area contributed by atoms with Crippen LogP contribution in [0.25, 0.3) is 0 Å². The summed E-state index contributed by atoms with van der Waals surface area (Å²) >= 11 is 0. The van der Waals surface area contributed by atoms with Crippen LogP contribution >= 0.6 is 7.60 Å². The molecular weight excluding hydrogens is 690 g/mol. The second kappa shape index (κ2) is 17.7. The number of hydrogen-bond acceptors (Lipinski definition) is 7. The summed E-state index contributed by atoms with van der Waals surface area (Å²) < 4.78 is 31.6. The lowest BCUT2D eigenvalue weighted by Gasteiger charge is -2.53. The zero-order chi connectivity index (χ0) is 38.3. The van der Waals surface area contributed by atoms with Gasteiger partial charge >= 0.3 is 13.6 Å². The van der Waals surface area contributed by atoms with E-state index < -0.39 is 29.3 Å². The number of methoxy groups -OCH3 is 1. The van der Waals surface area contributed by atoms with Crippen molar-refractivity contribution in [3.05, 3.63) is 71.3 Å². The fraction of sp³-hybridized carbons (Fsp3) is 0.683. The van der Waals surface area contributed by atoms with Crippen LogP contribution in [0.5, 0.6) is 0 Å². The fourth-order valence-electron chi connectivity index (χ4n) is 7.18. The summed E-state index contributed by atoms with van der Waals surface area (Å²) in [6.07, 6.45) is 4.66. The van der Waals surface area contributed by atoms with Gasteiger partial charge in [-0.3, -0.25) is 9.40 Å². The molecule has 0 bridgehead atoms. The molecule has 2 aromatic rings. The number of esters is 1. The summed E-state index contributed by atoms with van der Waals surface area (Å²) in [6, 6.07) is 20.8. The third kappa shape index (κ3) is 13.6. The zero-order valence-corrected chi connectivity index (χ0v) is 37.2. The first-order valence-electron chi connectivity index (χ1n) is 19.1. The molecule has 0 amide bonds. The molecule has 0 spiro atoms. The number of rotatable bonds is 19. The predicted octanol–water partition coefficient (Wildman–Crippen LogP) is 11.7. The van der Waals surface area contributed by atoms with Crippen LogP contribution in [-0.4, -0.2) is 64.2 Å². The molecule has 0 N–H and O–H groups in total. The number of carbonyl (C=O) groups is 1. The Balaban J connectivity index is 1.84. The van der Waals surface area contributed by atoms with Gasteiger partial charge in [0, 0.05) is 27.2 Å². The lowest BCUT2D eigenvalue weighted by molar-refractivity contribution is -0.329. The molecule has 0 aliphatic carbocycles. The predicted molar refractivity (Wildman–Crippen MR) is 218 cm³/mol. The van der Waals surface area contributed by atoms with Crippen LogP contribution < -0.4 is 0 Å². The minimum absolute atomic E-state index is 0.0285. The number of hydrogen-bond donors (Lipinski definition) is 0. The summed E-state index contributed by atoms with van der Waals surface area (Å²) in [5, 5.41) is 2.08. The molecule has 1 heterocycles. The Morgan fingerprint density at radius 2 is 1.35 bits per heavy atom. The molecule has 3 rings (SSSR count). The monoisotopic (exact) mass is 759 g/mol. The molecule has 1 aliphatic rings. The molecule has 1 aliphatic heterocycles. The van der Waals surface area contributed by atoms with Crippen molar-refractivity contribution in [2.24, 2.45) is 0 Å². The van der Waals surface area contributed by atoms with Crippen LogP contribution in [0.1, 0.15) is 102 Å². The second-order valence-electron chi connectivity index (χ2n) is 18.8. The molecule has 288 valence electrons. The smallest absolute Gasteiger partial charge is 0.340 e. The molecule has 3 atom stereocenters. The molecule has 0 aromatic heterocycles. The number of nitrogens with zero attached hydrogens (tertiary/aromatic N) is 1. The molecule has 1 saturated heterocycles. The highest BCUT2D eigenvalue weighted by atomic mass is 31.2. The molecule has 1 fully saturated rings. The van der Waals surface area contributed by atoms with E-state index >= 15 is 0 Å². The highest BCUT2D eigenvalue weighted by molar-refractivity contribution is 7.53. The minimum Gasteiger partial charge on any atom is -0.467 e. The van der Waals surface area contributed by atoms with Crippen molar-refractivity contribution in [3.63, 3.8) is 0 Å². The molecule has 0 radical (unpaired) electrons. The number of benzene rings is 2. The van der Waals surface area contributed by atoms with Crippen LogP contribution in [0, 0.1) is 0 Å². The molecular formula is C41H70NO6PSi2. The van der Waals surface area contributed by atoms with E-state index in [1.54, 1.807) is 0 Å². The van der Waals surface area contributed by atoms with E-state index in [0.717, 1.165) is 43.3 Å². The summed E-state index contributed by atoms with van der Waals surface area (Å²) in [6.45, 7) is 27.7. The zero-order valence-electron chi connectivity index (χ0n) is 34.3. The van der Waals surface area contributed by atoms with Gasteiger partial charge < -0.3 is 13.8 Å². The van der Waals surface area contributed by atoms with E-state index in [1.165, 1.54) is 18.2 Å². The molecule has 3 unspecified atom stereocenters. The van der Waals surface area contributed by atoms with Crippen molar-refractivity contribution in [2.45, 2.75) is 160 Å². The van der Waals surface area contributed by atoms with Crippen LogP contribution in [0.2, 0.25) is 51.4 Å². The molecule has 7 nitrogen and oxygen atoms in total. The Kier molecular flexibility index (Phi) is 15.2. The van der Waals surface area contributed by atoms with Gasteiger partial charge in [0.2, 0.25) is 0 Å². The van der Waals surface area contributed by atoms with Crippen LogP contribution in [0.3, 0.4) is 0 Å². The van der Waals surface area contributed by atoms with Gasteiger partial charge in [0.05, 0.1) is 26.5 Å².